The molecule has 1 aromatic heterocycles. The molecule has 1 aliphatic carbocycles. The van der Waals surface area contributed by atoms with Gasteiger partial charge >= 0.3 is 11.8 Å². The Bertz CT molecular complexity index is 331. The van der Waals surface area contributed by atoms with Crippen molar-refractivity contribution in [3.63, 3.8) is 0 Å². The molecule has 5 heteroatoms. The molecule has 0 saturated heterocycles. The lowest BCUT2D eigenvalue weighted by molar-refractivity contribution is 0.0895. The molecule has 1 N–H and O–H groups in total. The van der Waals surface area contributed by atoms with Crippen LogP contribution in [-0.4, -0.2) is 22.6 Å². The molecule has 0 radical (unpaired) electrons. The molecule has 0 unspecified atom stereocenters. The van der Waals surface area contributed by atoms with Crippen LogP contribution in [0, 0.1) is 12.8 Å². The van der Waals surface area contributed by atoms with Crippen LogP contribution in [0.25, 0.3) is 0 Å². The molecule has 0 spiro atoms. The summed E-state index contributed by atoms with van der Waals surface area (Å²) in [6, 6.07) is 0. The molecular formula is C9H13N3O2. The fourth-order valence-corrected chi connectivity index (χ4v) is 1.40. The van der Waals surface area contributed by atoms with Crippen LogP contribution in [0.3, 0.4) is 0 Å². The monoisotopic (exact) mass is 195 g/mol. The molecule has 1 aliphatic rings. The van der Waals surface area contributed by atoms with Crippen molar-refractivity contribution in [3.8, 4) is 0 Å². The van der Waals surface area contributed by atoms with E-state index in [1.165, 1.54) is 19.3 Å². The highest BCUT2D eigenvalue weighted by Gasteiger charge is 2.20. The van der Waals surface area contributed by atoms with Gasteiger partial charge in [-0.1, -0.05) is 11.6 Å². The molecule has 2 rings (SSSR count). The van der Waals surface area contributed by atoms with Crippen LogP contribution in [0.4, 0.5) is 0 Å². The van der Waals surface area contributed by atoms with E-state index in [-0.39, 0.29) is 11.8 Å². The SMILES string of the molecule is Cc1noc(C(=O)NCC2CCC2)n1. The molecule has 1 heterocycles. The molecule has 76 valence electrons. The first-order chi connectivity index (χ1) is 6.75. The average Bonchev–Trinajstić information content (AvgIpc) is 2.49. The van der Waals surface area contributed by atoms with Crippen LogP contribution >= 0.6 is 0 Å². The summed E-state index contributed by atoms with van der Waals surface area (Å²) in [6.07, 6.45) is 3.70. The molecule has 1 saturated carbocycles. The van der Waals surface area contributed by atoms with Gasteiger partial charge in [-0.2, -0.15) is 4.98 Å². The largest absolute Gasteiger partial charge is 0.348 e. The first-order valence-corrected chi connectivity index (χ1v) is 4.84. The Balaban J connectivity index is 1.82. The number of amides is 1. The number of nitrogens with one attached hydrogen (secondary N) is 1. The summed E-state index contributed by atoms with van der Waals surface area (Å²) in [6.45, 7) is 2.41. The predicted octanol–water partition coefficient (Wildman–Crippen LogP) is 0.908. The highest BCUT2D eigenvalue weighted by atomic mass is 16.5. The number of aryl methyl sites for hydroxylation is 1. The van der Waals surface area contributed by atoms with Crippen molar-refractivity contribution < 1.29 is 9.32 Å². The second-order valence-electron chi connectivity index (χ2n) is 3.65. The van der Waals surface area contributed by atoms with Gasteiger partial charge in [-0.05, 0) is 25.7 Å². The number of carbonyl (C=O) groups excluding carboxylic acids is 1. The van der Waals surface area contributed by atoms with E-state index in [4.69, 9.17) is 4.52 Å². The first kappa shape index (κ1) is 9.18. The molecule has 0 bridgehead atoms. The fraction of sp³-hybridized carbons (Fsp3) is 0.667. The van der Waals surface area contributed by atoms with Gasteiger partial charge in [-0.3, -0.25) is 4.79 Å². The molecular weight excluding hydrogens is 182 g/mol. The summed E-state index contributed by atoms with van der Waals surface area (Å²) in [5, 5.41) is 6.33. The highest BCUT2D eigenvalue weighted by Crippen LogP contribution is 2.25. The van der Waals surface area contributed by atoms with E-state index in [2.05, 4.69) is 15.5 Å². The third kappa shape index (κ3) is 1.92. The van der Waals surface area contributed by atoms with Gasteiger partial charge in [-0.25, -0.2) is 0 Å². The Morgan fingerprint density at radius 2 is 2.43 bits per heavy atom. The Morgan fingerprint density at radius 1 is 1.64 bits per heavy atom. The molecule has 0 aliphatic heterocycles. The van der Waals surface area contributed by atoms with Crippen molar-refractivity contribution in [1.82, 2.24) is 15.5 Å². The fourth-order valence-electron chi connectivity index (χ4n) is 1.40. The molecule has 5 nitrogen and oxygen atoms in total. The van der Waals surface area contributed by atoms with Crippen molar-refractivity contribution >= 4 is 5.91 Å². The maximum absolute atomic E-state index is 11.4. The number of carbonyl (C=O) groups is 1. The summed E-state index contributed by atoms with van der Waals surface area (Å²) >= 11 is 0. The van der Waals surface area contributed by atoms with Gasteiger partial charge in [-0.15, -0.1) is 0 Å². The summed E-state index contributed by atoms with van der Waals surface area (Å²) < 4.78 is 4.74. The Morgan fingerprint density at radius 3 is 2.93 bits per heavy atom. The zero-order valence-corrected chi connectivity index (χ0v) is 8.12. The predicted molar refractivity (Wildman–Crippen MR) is 48.7 cm³/mol. The number of nitrogens with zero attached hydrogens (tertiary/aromatic N) is 2. The molecule has 1 aromatic rings. The van der Waals surface area contributed by atoms with Gasteiger partial charge in [0.1, 0.15) is 0 Å². The normalized spacial score (nSPS) is 16.4. The first-order valence-electron chi connectivity index (χ1n) is 4.84. The molecule has 0 aromatic carbocycles. The number of rotatable bonds is 3. The van der Waals surface area contributed by atoms with Crippen LogP contribution < -0.4 is 5.32 Å². The average molecular weight is 195 g/mol. The van der Waals surface area contributed by atoms with E-state index in [9.17, 15) is 4.79 Å². The van der Waals surface area contributed by atoms with Crippen molar-refractivity contribution in [1.29, 1.82) is 0 Å². The molecule has 14 heavy (non-hydrogen) atoms. The van der Waals surface area contributed by atoms with Crippen LogP contribution in [0.5, 0.6) is 0 Å². The third-order valence-electron chi connectivity index (χ3n) is 2.50. The van der Waals surface area contributed by atoms with Crippen LogP contribution in [0.2, 0.25) is 0 Å². The van der Waals surface area contributed by atoms with Crippen molar-refractivity contribution in [2.45, 2.75) is 26.2 Å². The maximum atomic E-state index is 11.4. The Kier molecular flexibility index (Phi) is 2.47. The van der Waals surface area contributed by atoms with Gasteiger partial charge in [0.25, 0.3) is 0 Å². The van der Waals surface area contributed by atoms with Crippen LogP contribution in [-0.2, 0) is 0 Å². The van der Waals surface area contributed by atoms with Crippen molar-refractivity contribution in [3.05, 3.63) is 11.7 Å². The quantitative estimate of drug-likeness (QED) is 0.778. The molecule has 1 amide bonds. The Labute approximate surface area is 81.9 Å². The van der Waals surface area contributed by atoms with Gasteiger partial charge in [0.05, 0.1) is 0 Å². The number of hydrogen-bond donors (Lipinski definition) is 1. The maximum Gasteiger partial charge on any atom is 0.315 e. The lowest BCUT2D eigenvalue weighted by atomic mass is 9.85. The van der Waals surface area contributed by atoms with Gasteiger partial charge < -0.3 is 9.84 Å². The van der Waals surface area contributed by atoms with Crippen molar-refractivity contribution in [2.24, 2.45) is 5.92 Å². The third-order valence-corrected chi connectivity index (χ3v) is 2.50. The van der Waals surface area contributed by atoms with E-state index in [0.717, 1.165) is 6.54 Å². The standard InChI is InChI=1S/C9H13N3O2/c1-6-11-9(14-12-6)8(13)10-5-7-3-2-4-7/h7H,2-5H2,1H3,(H,10,13). The van der Waals surface area contributed by atoms with E-state index in [0.29, 0.717) is 11.7 Å². The summed E-state index contributed by atoms with van der Waals surface area (Å²) in [5.74, 6) is 0.918. The summed E-state index contributed by atoms with van der Waals surface area (Å²) in [4.78, 5) is 15.2. The second kappa shape index (κ2) is 3.77. The highest BCUT2D eigenvalue weighted by molar-refractivity contribution is 5.89. The Hall–Kier alpha value is -1.39. The minimum atomic E-state index is -0.266. The minimum Gasteiger partial charge on any atom is -0.348 e. The number of aromatic nitrogens is 2. The molecule has 1 fully saturated rings. The van der Waals surface area contributed by atoms with E-state index < -0.39 is 0 Å². The zero-order chi connectivity index (χ0) is 9.97. The smallest absolute Gasteiger partial charge is 0.315 e. The summed E-state index contributed by atoms with van der Waals surface area (Å²) in [5.41, 5.74) is 0. The lowest BCUT2D eigenvalue weighted by Gasteiger charge is -2.24. The molecule has 0 atom stereocenters. The number of hydrogen-bond acceptors (Lipinski definition) is 4. The topological polar surface area (TPSA) is 68.0 Å². The van der Waals surface area contributed by atoms with Crippen LogP contribution in [0.1, 0.15) is 35.8 Å². The van der Waals surface area contributed by atoms with Gasteiger partial charge in [0.15, 0.2) is 5.82 Å². The summed E-state index contributed by atoms with van der Waals surface area (Å²) in [7, 11) is 0. The van der Waals surface area contributed by atoms with Gasteiger partial charge in [0.2, 0.25) is 0 Å². The van der Waals surface area contributed by atoms with E-state index in [1.807, 2.05) is 0 Å². The van der Waals surface area contributed by atoms with E-state index >= 15 is 0 Å². The van der Waals surface area contributed by atoms with E-state index in [1.54, 1.807) is 6.92 Å². The van der Waals surface area contributed by atoms with Gasteiger partial charge in [0, 0.05) is 6.54 Å². The zero-order valence-electron chi connectivity index (χ0n) is 8.12. The second-order valence-corrected chi connectivity index (χ2v) is 3.65. The van der Waals surface area contributed by atoms with Crippen LogP contribution in [0.15, 0.2) is 4.52 Å². The minimum absolute atomic E-state index is 0.0572. The lowest BCUT2D eigenvalue weighted by Crippen LogP contribution is -2.32. The van der Waals surface area contributed by atoms with Crippen molar-refractivity contribution in [2.75, 3.05) is 6.54 Å².